The third kappa shape index (κ3) is 6.70. The highest BCUT2D eigenvalue weighted by Crippen LogP contribution is 2.59. The Balaban J connectivity index is 1.06. The molecule has 1 aliphatic rings. The Bertz CT molecular complexity index is 3000. The van der Waals surface area contributed by atoms with Gasteiger partial charge in [0, 0.05) is 34.1 Å². The smallest absolute Gasteiger partial charge is 0.0714 e. The van der Waals surface area contributed by atoms with E-state index in [1.807, 2.05) is 0 Å². The van der Waals surface area contributed by atoms with Gasteiger partial charge in [-0.15, -0.1) is 0 Å². The standard InChI is InChI=1S/C61H44N2/c1-7-20-48(21-8-1)61(49-22-9-2-10-23-49)58-33-19-32-56(46-36-41-55(42-37-46)63(52-28-15-5-16-29-52)53-30-17-6-18-31-53)60(58)57-43-38-47(44-59(57)61)45-34-39-54(40-35-45)62(50-24-11-3-12-25-50)51-26-13-4-14-27-51/h1-44H. The van der Waals surface area contributed by atoms with Gasteiger partial charge in [0.15, 0.2) is 0 Å². The zero-order valence-corrected chi connectivity index (χ0v) is 34.8. The van der Waals surface area contributed by atoms with Gasteiger partial charge in [-0.05, 0) is 134 Å². The summed E-state index contributed by atoms with van der Waals surface area (Å²) >= 11 is 0. The molecule has 11 rings (SSSR count). The molecule has 63 heavy (non-hydrogen) atoms. The number of hydrogen-bond donors (Lipinski definition) is 0. The molecule has 0 aliphatic heterocycles. The maximum atomic E-state index is 2.46. The first-order valence-corrected chi connectivity index (χ1v) is 21.7. The van der Waals surface area contributed by atoms with Crippen LogP contribution in [-0.4, -0.2) is 0 Å². The van der Waals surface area contributed by atoms with Gasteiger partial charge in [-0.25, -0.2) is 0 Å². The first-order chi connectivity index (χ1) is 31.3. The van der Waals surface area contributed by atoms with Crippen molar-refractivity contribution >= 4 is 34.1 Å². The van der Waals surface area contributed by atoms with E-state index < -0.39 is 5.41 Å². The highest BCUT2D eigenvalue weighted by molar-refractivity contribution is 5.97. The average Bonchev–Trinajstić information content (AvgIpc) is 3.67. The van der Waals surface area contributed by atoms with Crippen molar-refractivity contribution in [2.45, 2.75) is 5.41 Å². The van der Waals surface area contributed by atoms with E-state index in [2.05, 4.69) is 277 Å². The number of hydrogen-bond acceptors (Lipinski definition) is 2. The van der Waals surface area contributed by atoms with Crippen molar-refractivity contribution in [1.82, 2.24) is 0 Å². The highest BCUT2D eigenvalue weighted by Gasteiger charge is 2.47. The molecule has 2 nitrogen and oxygen atoms in total. The van der Waals surface area contributed by atoms with E-state index in [-0.39, 0.29) is 0 Å². The summed E-state index contributed by atoms with van der Waals surface area (Å²) in [6.45, 7) is 0. The van der Waals surface area contributed by atoms with Crippen molar-refractivity contribution in [2.24, 2.45) is 0 Å². The molecule has 0 spiro atoms. The van der Waals surface area contributed by atoms with E-state index in [0.717, 1.165) is 34.1 Å². The fraction of sp³-hybridized carbons (Fsp3) is 0.0164. The molecule has 10 aromatic carbocycles. The van der Waals surface area contributed by atoms with Crippen molar-refractivity contribution in [2.75, 3.05) is 9.80 Å². The van der Waals surface area contributed by atoms with Gasteiger partial charge >= 0.3 is 0 Å². The van der Waals surface area contributed by atoms with Crippen molar-refractivity contribution in [3.63, 3.8) is 0 Å². The maximum Gasteiger partial charge on any atom is 0.0714 e. The van der Waals surface area contributed by atoms with Crippen LogP contribution >= 0.6 is 0 Å². The molecule has 0 N–H and O–H groups in total. The van der Waals surface area contributed by atoms with Gasteiger partial charge in [0.2, 0.25) is 0 Å². The van der Waals surface area contributed by atoms with Crippen LogP contribution in [0.5, 0.6) is 0 Å². The zero-order valence-electron chi connectivity index (χ0n) is 34.8. The first kappa shape index (κ1) is 37.8. The van der Waals surface area contributed by atoms with Crippen LogP contribution in [0.2, 0.25) is 0 Å². The SMILES string of the molecule is c1ccc(N(c2ccccc2)c2ccc(-c3ccc4c(c3)C(c3ccccc3)(c3ccccc3)c3cccc(-c5ccc(N(c6ccccc6)c6ccccc6)cc5)c3-4)cc2)cc1. The van der Waals surface area contributed by atoms with Crippen molar-refractivity contribution < 1.29 is 0 Å². The minimum Gasteiger partial charge on any atom is -0.311 e. The summed E-state index contributed by atoms with van der Waals surface area (Å²) in [6, 6.07) is 96.8. The molecule has 0 bridgehead atoms. The summed E-state index contributed by atoms with van der Waals surface area (Å²) in [4.78, 5) is 4.63. The molecule has 1 aliphatic carbocycles. The normalized spacial score (nSPS) is 12.3. The maximum absolute atomic E-state index is 2.46. The summed E-state index contributed by atoms with van der Waals surface area (Å²) in [7, 11) is 0. The van der Waals surface area contributed by atoms with E-state index >= 15 is 0 Å². The molecule has 0 aromatic heterocycles. The minimum atomic E-state index is -0.548. The molecular weight excluding hydrogens is 761 g/mol. The second-order valence-electron chi connectivity index (χ2n) is 16.1. The summed E-state index contributed by atoms with van der Waals surface area (Å²) in [5, 5.41) is 0. The monoisotopic (exact) mass is 804 g/mol. The lowest BCUT2D eigenvalue weighted by molar-refractivity contribution is 0.769. The van der Waals surface area contributed by atoms with Crippen molar-refractivity contribution in [1.29, 1.82) is 0 Å². The predicted molar refractivity (Wildman–Crippen MR) is 264 cm³/mol. The summed E-state index contributed by atoms with van der Waals surface area (Å²) < 4.78 is 0. The molecule has 0 saturated heterocycles. The highest BCUT2D eigenvalue weighted by atomic mass is 15.1. The van der Waals surface area contributed by atoms with Crippen LogP contribution in [0.15, 0.2) is 267 Å². The van der Waals surface area contributed by atoms with Gasteiger partial charge in [0.05, 0.1) is 5.41 Å². The molecule has 0 unspecified atom stereocenters. The van der Waals surface area contributed by atoms with Crippen LogP contribution in [0.1, 0.15) is 22.3 Å². The third-order valence-electron chi connectivity index (χ3n) is 12.5. The Morgan fingerprint density at radius 3 is 1.03 bits per heavy atom. The van der Waals surface area contributed by atoms with Gasteiger partial charge in [0.1, 0.15) is 0 Å². The fourth-order valence-electron chi connectivity index (χ4n) is 9.75. The van der Waals surface area contributed by atoms with Crippen molar-refractivity contribution in [3.05, 3.63) is 289 Å². The van der Waals surface area contributed by atoms with Gasteiger partial charge in [-0.1, -0.05) is 188 Å². The number of fused-ring (bicyclic) bond motifs is 3. The van der Waals surface area contributed by atoms with Crippen LogP contribution < -0.4 is 9.80 Å². The first-order valence-electron chi connectivity index (χ1n) is 21.7. The van der Waals surface area contributed by atoms with Gasteiger partial charge in [0.25, 0.3) is 0 Å². The third-order valence-corrected chi connectivity index (χ3v) is 12.5. The number of nitrogens with zero attached hydrogens (tertiary/aromatic N) is 2. The number of rotatable bonds is 10. The molecular formula is C61H44N2. The summed E-state index contributed by atoms with van der Waals surface area (Å²) in [6.07, 6.45) is 0. The fourth-order valence-corrected chi connectivity index (χ4v) is 9.75. The predicted octanol–water partition coefficient (Wildman–Crippen LogP) is 16.3. The molecule has 10 aromatic rings. The Morgan fingerprint density at radius 1 is 0.238 bits per heavy atom. The minimum absolute atomic E-state index is 0.548. The Labute approximate surface area is 370 Å². The Kier molecular flexibility index (Phi) is 9.80. The largest absolute Gasteiger partial charge is 0.311 e. The quantitative estimate of drug-likeness (QED) is 0.136. The summed E-state index contributed by atoms with van der Waals surface area (Å²) in [5.74, 6) is 0. The number of anilines is 6. The zero-order chi connectivity index (χ0) is 42.0. The topological polar surface area (TPSA) is 6.48 Å². The Hall–Kier alpha value is -8.20. The second-order valence-corrected chi connectivity index (χ2v) is 16.1. The lowest BCUT2D eigenvalue weighted by Gasteiger charge is -2.34. The van der Waals surface area contributed by atoms with Gasteiger partial charge < -0.3 is 9.80 Å². The van der Waals surface area contributed by atoms with Crippen LogP contribution in [0.4, 0.5) is 34.1 Å². The van der Waals surface area contributed by atoms with Gasteiger partial charge in [-0.3, -0.25) is 0 Å². The van der Waals surface area contributed by atoms with Gasteiger partial charge in [-0.2, -0.15) is 0 Å². The van der Waals surface area contributed by atoms with Crippen LogP contribution in [0.3, 0.4) is 0 Å². The number of para-hydroxylation sites is 4. The van der Waals surface area contributed by atoms with Crippen LogP contribution in [-0.2, 0) is 5.41 Å². The van der Waals surface area contributed by atoms with E-state index in [9.17, 15) is 0 Å². The molecule has 0 atom stereocenters. The lowest BCUT2D eigenvalue weighted by atomic mass is 9.67. The molecule has 0 fully saturated rings. The molecule has 0 saturated carbocycles. The summed E-state index contributed by atoms with van der Waals surface area (Å²) in [5.41, 5.74) is 18.5. The van der Waals surface area contributed by atoms with Crippen LogP contribution in [0, 0.1) is 0 Å². The van der Waals surface area contributed by atoms with E-state index in [4.69, 9.17) is 0 Å². The molecule has 0 radical (unpaired) electrons. The second kappa shape index (κ2) is 16.3. The molecule has 298 valence electrons. The molecule has 2 heteroatoms. The lowest BCUT2D eigenvalue weighted by Crippen LogP contribution is -2.28. The molecule has 0 amide bonds. The van der Waals surface area contributed by atoms with Crippen molar-refractivity contribution in [3.8, 4) is 33.4 Å². The average molecular weight is 805 g/mol. The van der Waals surface area contributed by atoms with E-state index in [0.29, 0.717) is 0 Å². The van der Waals surface area contributed by atoms with Crippen LogP contribution in [0.25, 0.3) is 33.4 Å². The van der Waals surface area contributed by atoms with E-state index in [1.165, 1.54) is 55.6 Å². The van der Waals surface area contributed by atoms with E-state index in [1.54, 1.807) is 0 Å². The molecule has 0 heterocycles. The Morgan fingerprint density at radius 2 is 0.603 bits per heavy atom. The number of benzene rings is 10.